The second kappa shape index (κ2) is 6.44. The van der Waals surface area contributed by atoms with Gasteiger partial charge in [-0.3, -0.25) is 4.90 Å². The fraction of sp³-hybridized carbons (Fsp3) is 0.818. The van der Waals surface area contributed by atoms with Gasteiger partial charge in [-0.1, -0.05) is 39.0 Å². The molecule has 0 unspecified atom stereocenters. The zero-order chi connectivity index (χ0) is 11.2. The molecule has 0 bridgehead atoms. The molecule has 0 spiro atoms. The van der Waals surface area contributed by atoms with Crippen LogP contribution in [0.15, 0.2) is 11.6 Å². The molecule has 0 aromatic rings. The fourth-order valence-corrected chi connectivity index (χ4v) is 1.59. The number of hydrogen-bond donors (Lipinski definition) is 1. The van der Waals surface area contributed by atoms with Gasteiger partial charge in [0.25, 0.3) is 0 Å². The molecule has 3 heteroatoms. The van der Waals surface area contributed by atoms with Gasteiger partial charge in [0.15, 0.2) is 0 Å². The van der Waals surface area contributed by atoms with Gasteiger partial charge in [-0.15, -0.1) is 0 Å². The van der Waals surface area contributed by atoms with Gasteiger partial charge in [0, 0.05) is 31.3 Å². The van der Waals surface area contributed by atoms with Gasteiger partial charge < -0.3 is 5.11 Å². The van der Waals surface area contributed by atoms with E-state index in [0.29, 0.717) is 11.6 Å². The standard InChI is InChI=1S/C11H22ClNO/c1-10(12)8-13(6-5-7-14)9-11(2,3)4/h14H,1,5-9H2,2-4H3. The van der Waals surface area contributed by atoms with Crippen LogP contribution in [0.2, 0.25) is 0 Å². The van der Waals surface area contributed by atoms with Gasteiger partial charge in [0.05, 0.1) is 0 Å². The minimum absolute atomic E-state index is 0.232. The largest absolute Gasteiger partial charge is 0.396 e. The molecule has 0 aliphatic carbocycles. The molecule has 0 heterocycles. The van der Waals surface area contributed by atoms with Crippen LogP contribution in [0.4, 0.5) is 0 Å². The molecule has 0 aromatic heterocycles. The first kappa shape index (κ1) is 13.9. The quantitative estimate of drug-likeness (QED) is 0.742. The van der Waals surface area contributed by atoms with E-state index in [1.807, 2.05) is 0 Å². The molecule has 0 atom stereocenters. The Hall–Kier alpha value is -0.0500. The van der Waals surface area contributed by atoms with Gasteiger partial charge in [-0.05, 0) is 11.8 Å². The van der Waals surface area contributed by atoms with Crippen LogP contribution in [0.5, 0.6) is 0 Å². The predicted octanol–water partition coefficient (Wildman–Crippen LogP) is 2.47. The van der Waals surface area contributed by atoms with Crippen LogP contribution in [0.25, 0.3) is 0 Å². The monoisotopic (exact) mass is 219 g/mol. The average Bonchev–Trinajstić information content (AvgIpc) is 1.96. The molecular formula is C11H22ClNO. The zero-order valence-corrected chi connectivity index (χ0v) is 10.3. The summed E-state index contributed by atoms with van der Waals surface area (Å²) in [7, 11) is 0. The molecule has 1 N–H and O–H groups in total. The van der Waals surface area contributed by atoms with Crippen molar-refractivity contribution in [1.82, 2.24) is 4.90 Å². The molecule has 0 aliphatic heterocycles. The Morgan fingerprint density at radius 3 is 2.36 bits per heavy atom. The van der Waals surface area contributed by atoms with Crippen LogP contribution in [-0.4, -0.2) is 36.2 Å². The van der Waals surface area contributed by atoms with E-state index in [1.54, 1.807) is 0 Å². The second-order valence-electron chi connectivity index (χ2n) is 4.87. The molecule has 0 fully saturated rings. The lowest BCUT2D eigenvalue weighted by Gasteiger charge is -2.29. The Morgan fingerprint density at radius 2 is 2.00 bits per heavy atom. The Morgan fingerprint density at radius 1 is 1.43 bits per heavy atom. The lowest BCUT2D eigenvalue weighted by molar-refractivity contribution is 0.185. The number of hydrogen-bond acceptors (Lipinski definition) is 2. The summed E-state index contributed by atoms with van der Waals surface area (Å²) >= 11 is 5.78. The molecule has 84 valence electrons. The number of rotatable bonds is 6. The van der Waals surface area contributed by atoms with Crippen molar-refractivity contribution in [2.45, 2.75) is 27.2 Å². The van der Waals surface area contributed by atoms with Crippen LogP contribution in [0.1, 0.15) is 27.2 Å². The maximum absolute atomic E-state index is 8.77. The van der Waals surface area contributed by atoms with Crippen molar-refractivity contribution >= 4 is 11.6 Å². The van der Waals surface area contributed by atoms with Crippen molar-refractivity contribution in [3.63, 3.8) is 0 Å². The third-order valence-electron chi connectivity index (χ3n) is 1.73. The number of aliphatic hydroxyl groups excluding tert-OH is 1. The van der Waals surface area contributed by atoms with Crippen LogP contribution in [-0.2, 0) is 0 Å². The fourth-order valence-electron chi connectivity index (χ4n) is 1.42. The summed E-state index contributed by atoms with van der Waals surface area (Å²) in [5, 5.41) is 9.42. The maximum Gasteiger partial charge on any atom is 0.0443 e. The molecule has 0 saturated heterocycles. The SMILES string of the molecule is C=C(Cl)CN(CCCO)CC(C)(C)C. The molecule has 0 rings (SSSR count). The second-order valence-corrected chi connectivity index (χ2v) is 5.40. The summed E-state index contributed by atoms with van der Waals surface area (Å²) in [4.78, 5) is 2.23. The van der Waals surface area contributed by atoms with Gasteiger partial charge in [-0.2, -0.15) is 0 Å². The maximum atomic E-state index is 8.77. The molecule has 0 saturated carbocycles. The smallest absolute Gasteiger partial charge is 0.0443 e. The summed E-state index contributed by atoms with van der Waals surface area (Å²) in [6.45, 7) is 13.0. The van der Waals surface area contributed by atoms with Gasteiger partial charge in [-0.25, -0.2) is 0 Å². The van der Waals surface area contributed by atoms with E-state index >= 15 is 0 Å². The van der Waals surface area contributed by atoms with E-state index in [0.717, 1.165) is 19.5 Å². The van der Waals surface area contributed by atoms with Crippen molar-refractivity contribution in [2.75, 3.05) is 26.2 Å². The Bertz CT molecular complexity index is 175. The number of nitrogens with zero attached hydrogens (tertiary/aromatic N) is 1. The Kier molecular flexibility index (Phi) is 6.41. The lowest BCUT2D eigenvalue weighted by Crippen LogP contribution is -2.34. The van der Waals surface area contributed by atoms with E-state index in [-0.39, 0.29) is 12.0 Å². The number of halogens is 1. The van der Waals surface area contributed by atoms with Crippen LogP contribution in [0, 0.1) is 5.41 Å². The van der Waals surface area contributed by atoms with Gasteiger partial charge >= 0.3 is 0 Å². The van der Waals surface area contributed by atoms with Crippen LogP contribution in [0.3, 0.4) is 0 Å². The summed E-state index contributed by atoms with van der Waals surface area (Å²) in [6.07, 6.45) is 0.792. The highest BCUT2D eigenvalue weighted by Gasteiger charge is 2.16. The van der Waals surface area contributed by atoms with Crippen molar-refractivity contribution in [3.05, 3.63) is 11.6 Å². The number of aliphatic hydroxyl groups is 1. The highest BCUT2D eigenvalue weighted by molar-refractivity contribution is 6.29. The van der Waals surface area contributed by atoms with E-state index in [1.165, 1.54) is 0 Å². The van der Waals surface area contributed by atoms with Crippen molar-refractivity contribution in [2.24, 2.45) is 5.41 Å². The third-order valence-corrected chi connectivity index (χ3v) is 1.85. The normalized spacial score (nSPS) is 12.1. The minimum atomic E-state index is 0.232. The topological polar surface area (TPSA) is 23.5 Å². The molecule has 2 nitrogen and oxygen atoms in total. The summed E-state index contributed by atoms with van der Waals surface area (Å²) in [5.74, 6) is 0. The first-order valence-electron chi connectivity index (χ1n) is 5.01. The van der Waals surface area contributed by atoms with Crippen LogP contribution >= 0.6 is 11.6 Å². The zero-order valence-electron chi connectivity index (χ0n) is 9.52. The summed E-state index contributed by atoms with van der Waals surface area (Å²) in [6, 6.07) is 0. The Balaban J connectivity index is 4.03. The van der Waals surface area contributed by atoms with Crippen molar-refractivity contribution in [1.29, 1.82) is 0 Å². The molecule has 0 radical (unpaired) electrons. The van der Waals surface area contributed by atoms with Gasteiger partial charge in [0.1, 0.15) is 0 Å². The van der Waals surface area contributed by atoms with E-state index in [9.17, 15) is 0 Å². The predicted molar refractivity (Wildman–Crippen MR) is 62.6 cm³/mol. The van der Waals surface area contributed by atoms with E-state index in [4.69, 9.17) is 16.7 Å². The summed E-state index contributed by atoms with van der Waals surface area (Å²) in [5.41, 5.74) is 0.252. The molecular weight excluding hydrogens is 198 g/mol. The minimum Gasteiger partial charge on any atom is -0.396 e. The first-order valence-corrected chi connectivity index (χ1v) is 5.39. The van der Waals surface area contributed by atoms with Crippen LogP contribution < -0.4 is 0 Å². The van der Waals surface area contributed by atoms with Gasteiger partial charge in [0.2, 0.25) is 0 Å². The first-order chi connectivity index (χ1) is 6.35. The van der Waals surface area contributed by atoms with E-state index in [2.05, 4.69) is 32.3 Å². The molecule has 0 amide bonds. The average molecular weight is 220 g/mol. The van der Waals surface area contributed by atoms with Crippen molar-refractivity contribution < 1.29 is 5.11 Å². The molecule has 0 aromatic carbocycles. The lowest BCUT2D eigenvalue weighted by atomic mass is 9.96. The Labute approximate surface area is 92.6 Å². The highest BCUT2D eigenvalue weighted by Crippen LogP contribution is 2.16. The summed E-state index contributed by atoms with van der Waals surface area (Å²) < 4.78 is 0. The van der Waals surface area contributed by atoms with E-state index < -0.39 is 0 Å². The third kappa shape index (κ3) is 8.54. The highest BCUT2D eigenvalue weighted by atomic mass is 35.5. The molecule has 0 aliphatic rings. The molecule has 14 heavy (non-hydrogen) atoms. The van der Waals surface area contributed by atoms with Crippen molar-refractivity contribution in [3.8, 4) is 0 Å².